The van der Waals surface area contributed by atoms with Crippen LogP contribution in [0.3, 0.4) is 0 Å². The number of ether oxygens (including phenoxy) is 1. The van der Waals surface area contributed by atoms with Crippen molar-refractivity contribution >= 4 is 22.9 Å². The highest BCUT2D eigenvalue weighted by atomic mass is 19.1. The van der Waals surface area contributed by atoms with E-state index in [2.05, 4.69) is 15.3 Å². The molecule has 1 unspecified atom stereocenters. The summed E-state index contributed by atoms with van der Waals surface area (Å²) in [5.74, 6) is -2.09. The molecule has 132 valence electrons. The predicted octanol–water partition coefficient (Wildman–Crippen LogP) is 2.03. The SMILES string of the molecule is O=C(NCC(Oc1ccc(F)cc1)C(=O)O)c1ccc2cccnc2n1. The number of carboxylic acids is 1. The number of carboxylic acid groups (broad SMARTS) is 1. The van der Waals surface area contributed by atoms with Gasteiger partial charge < -0.3 is 15.2 Å². The highest BCUT2D eigenvalue weighted by molar-refractivity contribution is 5.94. The zero-order chi connectivity index (χ0) is 18.5. The van der Waals surface area contributed by atoms with Crippen molar-refractivity contribution in [3.8, 4) is 5.75 Å². The minimum atomic E-state index is -1.33. The molecule has 0 saturated carbocycles. The van der Waals surface area contributed by atoms with Crippen molar-refractivity contribution in [1.82, 2.24) is 15.3 Å². The monoisotopic (exact) mass is 355 g/mol. The van der Waals surface area contributed by atoms with Gasteiger partial charge in [-0.3, -0.25) is 4.79 Å². The van der Waals surface area contributed by atoms with Crippen LogP contribution in [0.2, 0.25) is 0 Å². The highest BCUT2D eigenvalue weighted by Crippen LogP contribution is 2.13. The van der Waals surface area contributed by atoms with Crippen molar-refractivity contribution in [2.24, 2.45) is 0 Å². The van der Waals surface area contributed by atoms with Crippen LogP contribution in [0.4, 0.5) is 4.39 Å². The Bertz CT molecular complexity index is 947. The molecule has 26 heavy (non-hydrogen) atoms. The lowest BCUT2D eigenvalue weighted by molar-refractivity contribution is -0.144. The standard InChI is InChI=1S/C18H14FN3O4/c19-12-4-6-13(7-5-12)26-15(18(24)25)10-21-17(23)14-8-3-11-2-1-9-20-16(11)22-14/h1-9,15H,10H2,(H,21,23)(H,24,25). The van der Waals surface area contributed by atoms with Gasteiger partial charge in [-0.25, -0.2) is 19.2 Å². The predicted molar refractivity (Wildman–Crippen MR) is 90.3 cm³/mol. The quantitative estimate of drug-likeness (QED) is 0.702. The summed E-state index contributed by atoms with van der Waals surface area (Å²) in [4.78, 5) is 31.7. The molecule has 0 radical (unpaired) electrons. The van der Waals surface area contributed by atoms with Crippen LogP contribution in [0.15, 0.2) is 54.7 Å². The number of carbonyl (C=O) groups is 2. The van der Waals surface area contributed by atoms with E-state index in [1.807, 2.05) is 6.07 Å². The van der Waals surface area contributed by atoms with Gasteiger partial charge in [0.1, 0.15) is 17.3 Å². The molecule has 1 atom stereocenters. The molecule has 0 aliphatic carbocycles. The second-order valence-electron chi connectivity index (χ2n) is 5.36. The average Bonchev–Trinajstić information content (AvgIpc) is 2.65. The number of nitrogens with one attached hydrogen (secondary N) is 1. The minimum Gasteiger partial charge on any atom is -0.478 e. The van der Waals surface area contributed by atoms with Gasteiger partial charge in [-0.15, -0.1) is 0 Å². The summed E-state index contributed by atoms with van der Waals surface area (Å²) >= 11 is 0. The number of nitrogens with zero attached hydrogens (tertiary/aromatic N) is 2. The van der Waals surface area contributed by atoms with E-state index < -0.39 is 23.8 Å². The van der Waals surface area contributed by atoms with Crippen molar-refractivity contribution in [2.45, 2.75) is 6.10 Å². The summed E-state index contributed by atoms with van der Waals surface area (Å²) in [7, 11) is 0. The first kappa shape index (κ1) is 17.3. The molecule has 0 bridgehead atoms. The van der Waals surface area contributed by atoms with E-state index in [9.17, 15) is 19.1 Å². The van der Waals surface area contributed by atoms with E-state index in [1.54, 1.807) is 18.3 Å². The van der Waals surface area contributed by atoms with E-state index in [0.29, 0.717) is 5.65 Å². The number of hydrogen-bond donors (Lipinski definition) is 2. The number of benzene rings is 1. The number of halogens is 1. The third-order valence-electron chi connectivity index (χ3n) is 3.51. The number of aromatic nitrogens is 2. The molecule has 0 aliphatic heterocycles. The molecular formula is C18H14FN3O4. The Morgan fingerprint density at radius 2 is 1.92 bits per heavy atom. The van der Waals surface area contributed by atoms with Crippen LogP contribution in [0.1, 0.15) is 10.5 Å². The van der Waals surface area contributed by atoms with Crippen LogP contribution in [0.25, 0.3) is 11.0 Å². The summed E-state index contributed by atoms with van der Waals surface area (Å²) in [6, 6.07) is 11.7. The molecule has 0 spiro atoms. The Kier molecular flexibility index (Phi) is 5.02. The van der Waals surface area contributed by atoms with E-state index in [-0.39, 0.29) is 18.0 Å². The molecule has 2 N–H and O–H groups in total. The van der Waals surface area contributed by atoms with Gasteiger partial charge >= 0.3 is 5.97 Å². The number of aliphatic carboxylic acids is 1. The fraction of sp³-hybridized carbons (Fsp3) is 0.111. The molecule has 0 saturated heterocycles. The largest absolute Gasteiger partial charge is 0.478 e. The fourth-order valence-electron chi connectivity index (χ4n) is 2.21. The molecule has 1 aromatic carbocycles. The zero-order valence-electron chi connectivity index (χ0n) is 13.4. The number of carbonyl (C=O) groups excluding carboxylic acids is 1. The fourth-order valence-corrected chi connectivity index (χ4v) is 2.21. The number of hydrogen-bond acceptors (Lipinski definition) is 5. The van der Waals surface area contributed by atoms with E-state index in [4.69, 9.17) is 4.74 Å². The van der Waals surface area contributed by atoms with Gasteiger partial charge in [-0.1, -0.05) is 0 Å². The van der Waals surface area contributed by atoms with Crippen LogP contribution in [-0.2, 0) is 4.79 Å². The molecule has 7 nitrogen and oxygen atoms in total. The van der Waals surface area contributed by atoms with Crippen LogP contribution in [-0.4, -0.2) is 39.6 Å². The maximum atomic E-state index is 12.9. The smallest absolute Gasteiger partial charge is 0.346 e. The molecule has 2 aromatic heterocycles. The zero-order valence-corrected chi connectivity index (χ0v) is 13.4. The van der Waals surface area contributed by atoms with E-state index >= 15 is 0 Å². The Labute approximate surface area is 147 Å². The van der Waals surface area contributed by atoms with Gasteiger partial charge in [0.05, 0.1) is 6.54 Å². The Hall–Kier alpha value is -3.55. The molecule has 0 fully saturated rings. The van der Waals surface area contributed by atoms with Gasteiger partial charge in [-0.05, 0) is 48.5 Å². The van der Waals surface area contributed by atoms with Crippen molar-refractivity contribution in [3.63, 3.8) is 0 Å². The highest BCUT2D eigenvalue weighted by Gasteiger charge is 2.21. The Morgan fingerprint density at radius 3 is 2.65 bits per heavy atom. The minimum absolute atomic E-state index is 0.113. The lowest BCUT2D eigenvalue weighted by Crippen LogP contribution is -2.40. The van der Waals surface area contributed by atoms with Crippen LogP contribution in [0, 0.1) is 5.82 Å². The van der Waals surface area contributed by atoms with Crippen LogP contribution < -0.4 is 10.1 Å². The van der Waals surface area contributed by atoms with Crippen LogP contribution in [0.5, 0.6) is 5.75 Å². The summed E-state index contributed by atoms with van der Waals surface area (Å²) in [5.41, 5.74) is 0.527. The van der Waals surface area contributed by atoms with Gasteiger partial charge in [0.25, 0.3) is 5.91 Å². The summed E-state index contributed by atoms with van der Waals surface area (Å²) in [6.07, 6.45) is 0.233. The molecular weight excluding hydrogens is 341 g/mol. The Balaban J connectivity index is 1.66. The second kappa shape index (κ2) is 7.56. The lowest BCUT2D eigenvalue weighted by atomic mass is 10.2. The maximum absolute atomic E-state index is 12.9. The first-order chi connectivity index (χ1) is 12.5. The molecule has 2 heterocycles. The van der Waals surface area contributed by atoms with Gasteiger partial charge in [0.15, 0.2) is 5.65 Å². The maximum Gasteiger partial charge on any atom is 0.346 e. The molecule has 1 amide bonds. The molecule has 3 aromatic rings. The summed E-state index contributed by atoms with van der Waals surface area (Å²) in [5, 5.41) is 12.5. The van der Waals surface area contributed by atoms with Crippen molar-refractivity contribution < 1.29 is 23.8 Å². The summed E-state index contributed by atoms with van der Waals surface area (Å²) in [6.45, 7) is -0.284. The van der Waals surface area contributed by atoms with Crippen LogP contribution >= 0.6 is 0 Å². The van der Waals surface area contributed by atoms with Gasteiger partial charge in [0, 0.05) is 11.6 Å². The third kappa shape index (κ3) is 4.10. The lowest BCUT2D eigenvalue weighted by Gasteiger charge is -2.15. The van der Waals surface area contributed by atoms with Gasteiger partial charge in [0.2, 0.25) is 6.10 Å². The number of rotatable bonds is 6. The Morgan fingerprint density at radius 1 is 1.15 bits per heavy atom. The van der Waals surface area contributed by atoms with E-state index in [0.717, 1.165) is 17.5 Å². The third-order valence-corrected chi connectivity index (χ3v) is 3.51. The summed E-state index contributed by atoms with van der Waals surface area (Å²) < 4.78 is 18.2. The normalized spacial score (nSPS) is 11.7. The average molecular weight is 355 g/mol. The van der Waals surface area contributed by atoms with Gasteiger partial charge in [-0.2, -0.15) is 0 Å². The number of pyridine rings is 2. The second-order valence-corrected chi connectivity index (χ2v) is 5.36. The van der Waals surface area contributed by atoms with Crippen molar-refractivity contribution in [1.29, 1.82) is 0 Å². The first-order valence-corrected chi connectivity index (χ1v) is 7.68. The number of fused-ring (bicyclic) bond motifs is 1. The molecule has 8 heteroatoms. The van der Waals surface area contributed by atoms with E-state index in [1.165, 1.54) is 18.2 Å². The number of amides is 1. The topological polar surface area (TPSA) is 101 Å². The molecule has 0 aliphatic rings. The first-order valence-electron chi connectivity index (χ1n) is 7.68. The van der Waals surface area contributed by atoms with Crippen molar-refractivity contribution in [2.75, 3.05) is 6.54 Å². The van der Waals surface area contributed by atoms with Crippen molar-refractivity contribution in [3.05, 3.63) is 66.2 Å². The molecule has 3 rings (SSSR count).